The molecule has 1 aliphatic heterocycles. The van der Waals surface area contributed by atoms with Gasteiger partial charge in [-0.3, -0.25) is 9.63 Å². The van der Waals surface area contributed by atoms with E-state index in [4.69, 9.17) is 9.57 Å². The summed E-state index contributed by atoms with van der Waals surface area (Å²) in [6.07, 6.45) is 7.07. The van der Waals surface area contributed by atoms with Gasteiger partial charge in [0.15, 0.2) is 5.82 Å². The molecule has 0 aliphatic carbocycles. The number of imidazole rings is 1. The highest BCUT2D eigenvalue weighted by molar-refractivity contribution is 6.01. The molecule has 1 fully saturated rings. The van der Waals surface area contributed by atoms with Gasteiger partial charge < -0.3 is 19.9 Å². The second-order valence-corrected chi connectivity index (χ2v) is 8.37. The highest BCUT2D eigenvalue weighted by Gasteiger charge is 2.29. The molecule has 3 heterocycles. The Morgan fingerprint density at radius 2 is 2.00 bits per heavy atom. The average molecular weight is 498 g/mol. The van der Waals surface area contributed by atoms with Crippen molar-refractivity contribution in [2.45, 2.75) is 19.4 Å². The number of hydrogen-bond acceptors (Lipinski definition) is 8. The van der Waals surface area contributed by atoms with E-state index in [0.29, 0.717) is 41.1 Å². The van der Waals surface area contributed by atoms with Crippen LogP contribution in [0.15, 0.2) is 79.9 Å². The van der Waals surface area contributed by atoms with Crippen LogP contribution in [0.4, 0.5) is 23.0 Å². The van der Waals surface area contributed by atoms with E-state index in [-0.39, 0.29) is 11.9 Å². The van der Waals surface area contributed by atoms with Gasteiger partial charge in [-0.15, -0.1) is 0 Å². The van der Waals surface area contributed by atoms with E-state index in [2.05, 4.69) is 44.3 Å². The van der Waals surface area contributed by atoms with Crippen molar-refractivity contribution in [1.29, 1.82) is 0 Å². The summed E-state index contributed by atoms with van der Waals surface area (Å²) in [5.41, 5.74) is 3.01. The van der Waals surface area contributed by atoms with Crippen molar-refractivity contribution in [3.8, 4) is 11.4 Å². The van der Waals surface area contributed by atoms with Crippen LogP contribution >= 0.6 is 0 Å². The van der Waals surface area contributed by atoms with Crippen LogP contribution in [-0.4, -0.2) is 39.1 Å². The third-order valence-corrected chi connectivity index (χ3v) is 6.08. The van der Waals surface area contributed by atoms with Crippen LogP contribution < -0.4 is 20.4 Å². The monoisotopic (exact) mass is 497 g/mol. The molecule has 0 saturated carbocycles. The fourth-order valence-electron chi connectivity index (χ4n) is 4.30. The lowest BCUT2D eigenvalue weighted by molar-refractivity contribution is -0.111. The van der Waals surface area contributed by atoms with Gasteiger partial charge in [0, 0.05) is 30.9 Å². The van der Waals surface area contributed by atoms with Crippen LogP contribution in [-0.2, 0) is 9.63 Å². The normalized spacial score (nSPS) is 14.9. The second kappa shape index (κ2) is 10.5. The SMILES string of the molecule is C=CC(=O)Nc1cc(Nc2cc(N3OCCC3c3ccccc3)ncn2)c(OC)cc1-n1ccnc1C. The Labute approximate surface area is 214 Å². The van der Waals surface area contributed by atoms with Gasteiger partial charge in [-0.25, -0.2) is 20.0 Å². The molecule has 188 valence electrons. The molecule has 37 heavy (non-hydrogen) atoms. The second-order valence-electron chi connectivity index (χ2n) is 8.37. The zero-order valence-corrected chi connectivity index (χ0v) is 20.6. The van der Waals surface area contributed by atoms with E-state index in [1.807, 2.05) is 53.1 Å². The molecule has 1 amide bonds. The number of nitrogens with one attached hydrogen (secondary N) is 2. The van der Waals surface area contributed by atoms with E-state index in [9.17, 15) is 4.79 Å². The molecule has 2 aromatic heterocycles. The molecule has 10 nitrogen and oxygen atoms in total. The first-order valence-electron chi connectivity index (χ1n) is 11.8. The first-order valence-corrected chi connectivity index (χ1v) is 11.8. The molecular formula is C27H27N7O3. The maximum atomic E-state index is 12.2. The predicted molar refractivity (Wildman–Crippen MR) is 141 cm³/mol. The highest BCUT2D eigenvalue weighted by atomic mass is 16.7. The minimum Gasteiger partial charge on any atom is -0.494 e. The molecule has 10 heteroatoms. The number of aryl methyl sites for hydroxylation is 1. The molecule has 5 rings (SSSR count). The summed E-state index contributed by atoms with van der Waals surface area (Å²) in [6, 6.07) is 15.7. The standard InChI is InChI=1S/C27H27N7O3/c1-4-27(35)32-20-14-21(24(36-3)15-23(20)33-12-11-28-18(33)2)31-25-16-26(30-17-29-25)34-22(10-13-37-34)19-8-6-5-7-9-19/h4-9,11-12,14-17,22H,1,10,13H2,2-3H3,(H,32,35)(H,29,30,31). The van der Waals surface area contributed by atoms with Crippen LogP contribution in [0.1, 0.15) is 23.9 Å². The van der Waals surface area contributed by atoms with Gasteiger partial charge in [0.25, 0.3) is 0 Å². The number of amides is 1. The summed E-state index contributed by atoms with van der Waals surface area (Å²) < 4.78 is 7.54. The molecule has 2 N–H and O–H groups in total. The lowest BCUT2D eigenvalue weighted by Crippen LogP contribution is -2.22. The first kappa shape index (κ1) is 24.0. The van der Waals surface area contributed by atoms with E-state index in [1.54, 1.807) is 19.4 Å². The van der Waals surface area contributed by atoms with Gasteiger partial charge in [0.2, 0.25) is 5.91 Å². The molecule has 1 saturated heterocycles. The fourth-order valence-corrected chi connectivity index (χ4v) is 4.30. The van der Waals surface area contributed by atoms with E-state index in [1.165, 1.54) is 12.4 Å². The lowest BCUT2D eigenvalue weighted by atomic mass is 10.0. The molecule has 1 atom stereocenters. The van der Waals surface area contributed by atoms with Crippen molar-refractivity contribution in [3.63, 3.8) is 0 Å². The summed E-state index contributed by atoms with van der Waals surface area (Å²) in [6.45, 7) is 6.04. The molecule has 0 bridgehead atoms. The summed E-state index contributed by atoms with van der Waals surface area (Å²) in [5, 5.41) is 7.99. The van der Waals surface area contributed by atoms with Gasteiger partial charge >= 0.3 is 0 Å². The van der Waals surface area contributed by atoms with Gasteiger partial charge in [-0.05, 0) is 24.6 Å². The Kier molecular flexibility index (Phi) is 6.82. The highest BCUT2D eigenvalue weighted by Crippen LogP contribution is 2.37. The van der Waals surface area contributed by atoms with Gasteiger partial charge in [0.05, 0.1) is 36.8 Å². The number of methoxy groups -OCH3 is 1. The van der Waals surface area contributed by atoms with Crippen molar-refractivity contribution in [3.05, 3.63) is 91.3 Å². The minimum absolute atomic E-state index is 0.0527. The summed E-state index contributed by atoms with van der Waals surface area (Å²) in [7, 11) is 1.58. The number of rotatable bonds is 8. The number of hydrogen-bond donors (Lipinski definition) is 2. The third-order valence-electron chi connectivity index (χ3n) is 6.08. The van der Waals surface area contributed by atoms with Gasteiger partial charge in [-0.2, -0.15) is 0 Å². The summed E-state index contributed by atoms with van der Waals surface area (Å²) >= 11 is 0. The number of carbonyl (C=O) groups excluding carboxylic acids is 1. The van der Waals surface area contributed by atoms with E-state index in [0.717, 1.165) is 17.8 Å². The zero-order chi connectivity index (χ0) is 25.8. The summed E-state index contributed by atoms with van der Waals surface area (Å²) in [4.78, 5) is 31.3. The molecule has 4 aromatic rings. The molecule has 2 aromatic carbocycles. The maximum Gasteiger partial charge on any atom is 0.247 e. The van der Waals surface area contributed by atoms with Crippen molar-refractivity contribution in [2.24, 2.45) is 0 Å². The number of hydroxylamine groups is 1. The van der Waals surface area contributed by atoms with Crippen LogP contribution in [0.2, 0.25) is 0 Å². The molecule has 0 radical (unpaired) electrons. The van der Waals surface area contributed by atoms with Crippen LogP contribution in [0.25, 0.3) is 5.69 Å². The van der Waals surface area contributed by atoms with Crippen LogP contribution in [0.5, 0.6) is 5.75 Å². The van der Waals surface area contributed by atoms with E-state index >= 15 is 0 Å². The Hall–Kier alpha value is -4.70. The Bertz CT molecular complexity index is 1420. The molecule has 1 unspecified atom stereocenters. The van der Waals surface area contributed by atoms with Crippen molar-refractivity contribution >= 4 is 28.9 Å². The van der Waals surface area contributed by atoms with Crippen molar-refractivity contribution in [1.82, 2.24) is 19.5 Å². The zero-order valence-electron chi connectivity index (χ0n) is 20.6. The number of ether oxygens (including phenoxy) is 1. The number of anilines is 4. The quantitative estimate of drug-likeness (QED) is 0.337. The van der Waals surface area contributed by atoms with Crippen molar-refractivity contribution in [2.75, 3.05) is 29.4 Å². The Morgan fingerprint density at radius 1 is 1.16 bits per heavy atom. The van der Waals surface area contributed by atoms with Gasteiger partial charge in [-0.1, -0.05) is 36.9 Å². The van der Waals surface area contributed by atoms with Crippen molar-refractivity contribution < 1.29 is 14.4 Å². The minimum atomic E-state index is -0.336. The van der Waals surface area contributed by atoms with E-state index < -0.39 is 0 Å². The molecule has 0 spiro atoms. The Balaban J connectivity index is 1.48. The number of nitrogens with zero attached hydrogens (tertiary/aromatic N) is 5. The predicted octanol–water partition coefficient (Wildman–Crippen LogP) is 4.73. The largest absolute Gasteiger partial charge is 0.494 e. The molecular weight excluding hydrogens is 470 g/mol. The fraction of sp³-hybridized carbons (Fsp3) is 0.185. The maximum absolute atomic E-state index is 12.2. The molecule has 1 aliphatic rings. The topological polar surface area (TPSA) is 106 Å². The number of aromatic nitrogens is 4. The van der Waals surface area contributed by atoms with Crippen LogP contribution in [0, 0.1) is 6.92 Å². The average Bonchev–Trinajstić information content (AvgIpc) is 3.59. The summed E-state index contributed by atoms with van der Waals surface area (Å²) in [5.74, 6) is 2.15. The third kappa shape index (κ3) is 5.00. The Morgan fingerprint density at radius 3 is 2.73 bits per heavy atom. The van der Waals surface area contributed by atoms with Crippen LogP contribution in [0.3, 0.4) is 0 Å². The number of benzene rings is 2. The smallest absolute Gasteiger partial charge is 0.247 e. The van der Waals surface area contributed by atoms with Gasteiger partial charge in [0.1, 0.15) is 23.7 Å². The first-order chi connectivity index (χ1) is 18.1. The lowest BCUT2D eigenvalue weighted by Gasteiger charge is -2.24. The number of carbonyl (C=O) groups is 1.